The van der Waals surface area contributed by atoms with Gasteiger partial charge in [-0.05, 0) is 65.8 Å². The van der Waals surface area contributed by atoms with Crippen LogP contribution in [0.5, 0.6) is 5.75 Å². The number of pyridine rings is 1. The minimum absolute atomic E-state index is 0.0390. The van der Waals surface area contributed by atoms with Gasteiger partial charge in [-0.25, -0.2) is 0 Å². The molecule has 4 aromatic rings. The van der Waals surface area contributed by atoms with Gasteiger partial charge in [0.1, 0.15) is 12.4 Å². The molecule has 0 radical (unpaired) electrons. The van der Waals surface area contributed by atoms with Crippen molar-refractivity contribution < 1.29 is 9.53 Å². The molecule has 166 valence electrons. The zero-order valence-electron chi connectivity index (χ0n) is 18.6. The number of rotatable bonds is 10. The molecule has 0 unspecified atom stereocenters. The molecule has 0 spiro atoms. The van der Waals surface area contributed by atoms with Crippen LogP contribution in [0.15, 0.2) is 103 Å². The average Bonchev–Trinajstić information content (AvgIpc) is 2.86. The van der Waals surface area contributed by atoms with Crippen LogP contribution in [0.25, 0.3) is 0 Å². The maximum Gasteiger partial charge on any atom is 0.228 e. The van der Waals surface area contributed by atoms with Crippen LogP contribution in [0.1, 0.15) is 28.7 Å². The van der Waals surface area contributed by atoms with E-state index in [1.54, 1.807) is 12.4 Å². The number of carbonyl (C=O) groups excluding carboxylic acids is 1. The first kappa shape index (κ1) is 22.3. The molecular weight excluding hydrogens is 408 g/mol. The van der Waals surface area contributed by atoms with Crippen molar-refractivity contribution in [2.24, 2.45) is 0 Å². The first-order chi connectivity index (χ1) is 16.3. The second-order valence-electron chi connectivity index (χ2n) is 8.02. The standard InChI is InChI=1S/C29H28N2O2/c32-29(20-25-11-7-19-30-21-25)31-27-17-15-23(16-18-27)10-6-13-26-12-4-5-14-28(26)33-22-24-8-2-1-3-9-24/h1-5,7-9,11-12,14-19,21H,6,10,13,20,22H2,(H,31,32). The van der Waals surface area contributed by atoms with Gasteiger partial charge in [-0.2, -0.15) is 0 Å². The highest BCUT2D eigenvalue weighted by atomic mass is 16.5. The molecule has 1 heterocycles. The summed E-state index contributed by atoms with van der Waals surface area (Å²) in [6, 6.07) is 30.3. The number of ether oxygens (including phenoxy) is 1. The molecule has 1 N–H and O–H groups in total. The summed E-state index contributed by atoms with van der Waals surface area (Å²) in [7, 11) is 0. The number of aryl methyl sites for hydroxylation is 2. The number of hydrogen-bond donors (Lipinski definition) is 1. The van der Waals surface area contributed by atoms with E-state index in [4.69, 9.17) is 4.74 Å². The van der Waals surface area contributed by atoms with E-state index in [0.717, 1.165) is 36.3 Å². The van der Waals surface area contributed by atoms with E-state index in [-0.39, 0.29) is 5.91 Å². The van der Waals surface area contributed by atoms with Gasteiger partial charge in [0.05, 0.1) is 6.42 Å². The van der Waals surface area contributed by atoms with E-state index < -0.39 is 0 Å². The minimum atomic E-state index is -0.0390. The molecular formula is C29H28N2O2. The normalized spacial score (nSPS) is 10.5. The number of amides is 1. The van der Waals surface area contributed by atoms with Gasteiger partial charge in [0.15, 0.2) is 0 Å². The first-order valence-corrected chi connectivity index (χ1v) is 11.3. The third kappa shape index (κ3) is 7.04. The molecule has 0 saturated carbocycles. The zero-order valence-corrected chi connectivity index (χ0v) is 18.6. The topological polar surface area (TPSA) is 51.2 Å². The van der Waals surface area contributed by atoms with E-state index in [0.29, 0.717) is 13.0 Å². The lowest BCUT2D eigenvalue weighted by molar-refractivity contribution is -0.115. The van der Waals surface area contributed by atoms with Crippen LogP contribution in [-0.4, -0.2) is 10.9 Å². The Hall–Kier alpha value is -3.92. The van der Waals surface area contributed by atoms with Crippen molar-refractivity contribution in [1.82, 2.24) is 4.98 Å². The second-order valence-corrected chi connectivity index (χ2v) is 8.02. The molecule has 4 rings (SSSR count). The van der Waals surface area contributed by atoms with Gasteiger partial charge in [-0.15, -0.1) is 0 Å². The molecule has 0 fully saturated rings. The Kier molecular flexibility index (Phi) is 7.85. The minimum Gasteiger partial charge on any atom is -0.489 e. The van der Waals surface area contributed by atoms with E-state index in [9.17, 15) is 4.79 Å². The van der Waals surface area contributed by atoms with Crippen LogP contribution >= 0.6 is 0 Å². The number of hydrogen-bond acceptors (Lipinski definition) is 3. The van der Waals surface area contributed by atoms with Gasteiger partial charge in [-0.3, -0.25) is 9.78 Å². The first-order valence-electron chi connectivity index (χ1n) is 11.3. The second kappa shape index (κ2) is 11.6. The van der Waals surface area contributed by atoms with Gasteiger partial charge in [0.2, 0.25) is 5.91 Å². The van der Waals surface area contributed by atoms with Crippen molar-refractivity contribution in [3.63, 3.8) is 0 Å². The zero-order chi connectivity index (χ0) is 22.7. The average molecular weight is 437 g/mol. The lowest BCUT2D eigenvalue weighted by Gasteiger charge is -2.12. The van der Waals surface area contributed by atoms with Crippen molar-refractivity contribution in [3.05, 3.63) is 126 Å². The highest BCUT2D eigenvalue weighted by molar-refractivity contribution is 5.92. The molecule has 0 aliphatic carbocycles. The quantitative estimate of drug-likeness (QED) is 0.331. The maximum atomic E-state index is 12.2. The monoisotopic (exact) mass is 436 g/mol. The van der Waals surface area contributed by atoms with Crippen molar-refractivity contribution in [2.75, 3.05) is 5.32 Å². The predicted octanol–water partition coefficient (Wildman–Crippen LogP) is 6.02. The maximum absolute atomic E-state index is 12.2. The number of anilines is 1. The van der Waals surface area contributed by atoms with Crippen LogP contribution in [0.3, 0.4) is 0 Å². The Morgan fingerprint density at radius 2 is 1.52 bits per heavy atom. The summed E-state index contributed by atoms with van der Waals surface area (Å²) in [5, 5.41) is 2.95. The van der Waals surface area contributed by atoms with E-state index in [2.05, 4.69) is 46.7 Å². The number of benzene rings is 3. The molecule has 0 bridgehead atoms. The van der Waals surface area contributed by atoms with Gasteiger partial charge in [-0.1, -0.05) is 66.7 Å². The Bertz CT molecular complexity index is 1140. The predicted molar refractivity (Wildman–Crippen MR) is 132 cm³/mol. The Morgan fingerprint density at radius 1 is 0.758 bits per heavy atom. The van der Waals surface area contributed by atoms with Crippen LogP contribution in [0, 0.1) is 0 Å². The number of para-hydroxylation sites is 1. The van der Waals surface area contributed by atoms with Crippen molar-refractivity contribution in [1.29, 1.82) is 0 Å². The smallest absolute Gasteiger partial charge is 0.228 e. The number of nitrogens with zero attached hydrogens (tertiary/aromatic N) is 1. The van der Waals surface area contributed by atoms with Gasteiger partial charge < -0.3 is 10.1 Å². The molecule has 1 amide bonds. The number of carbonyl (C=O) groups is 1. The van der Waals surface area contributed by atoms with Crippen molar-refractivity contribution in [3.8, 4) is 5.75 Å². The summed E-state index contributed by atoms with van der Waals surface area (Å²) >= 11 is 0. The number of nitrogens with one attached hydrogen (secondary N) is 1. The lowest BCUT2D eigenvalue weighted by atomic mass is 10.0. The summed E-state index contributed by atoms with van der Waals surface area (Å²) in [5.41, 5.74) is 5.36. The third-order valence-corrected chi connectivity index (χ3v) is 5.45. The molecule has 3 aromatic carbocycles. The molecule has 1 aromatic heterocycles. The van der Waals surface area contributed by atoms with Crippen molar-refractivity contribution in [2.45, 2.75) is 32.3 Å². The summed E-state index contributed by atoms with van der Waals surface area (Å²) in [4.78, 5) is 16.3. The summed E-state index contributed by atoms with van der Waals surface area (Å²) in [6.07, 6.45) is 6.69. The molecule has 4 nitrogen and oxygen atoms in total. The van der Waals surface area contributed by atoms with Crippen LogP contribution in [0.2, 0.25) is 0 Å². The Labute approximate surface area is 195 Å². The van der Waals surface area contributed by atoms with Crippen LogP contribution < -0.4 is 10.1 Å². The highest BCUT2D eigenvalue weighted by Crippen LogP contribution is 2.22. The Morgan fingerprint density at radius 3 is 2.30 bits per heavy atom. The van der Waals surface area contributed by atoms with Crippen LogP contribution in [0.4, 0.5) is 5.69 Å². The van der Waals surface area contributed by atoms with Crippen LogP contribution in [-0.2, 0) is 30.7 Å². The third-order valence-electron chi connectivity index (χ3n) is 5.45. The SMILES string of the molecule is O=C(Cc1cccnc1)Nc1ccc(CCCc2ccccc2OCc2ccccc2)cc1. The van der Waals surface area contributed by atoms with E-state index >= 15 is 0 Å². The number of aromatic nitrogens is 1. The summed E-state index contributed by atoms with van der Waals surface area (Å²) < 4.78 is 6.08. The van der Waals surface area contributed by atoms with Gasteiger partial charge in [0, 0.05) is 18.1 Å². The molecule has 0 aliphatic heterocycles. The van der Waals surface area contributed by atoms with E-state index in [1.165, 1.54) is 16.7 Å². The fourth-order valence-corrected chi connectivity index (χ4v) is 3.72. The lowest BCUT2D eigenvalue weighted by Crippen LogP contribution is -2.14. The van der Waals surface area contributed by atoms with Gasteiger partial charge in [0.25, 0.3) is 0 Å². The van der Waals surface area contributed by atoms with Crippen molar-refractivity contribution >= 4 is 11.6 Å². The molecule has 33 heavy (non-hydrogen) atoms. The molecule has 0 saturated heterocycles. The fraction of sp³-hybridized carbons (Fsp3) is 0.172. The Balaban J connectivity index is 1.25. The van der Waals surface area contributed by atoms with Gasteiger partial charge >= 0.3 is 0 Å². The molecule has 0 atom stereocenters. The molecule has 4 heteroatoms. The highest BCUT2D eigenvalue weighted by Gasteiger charge is 2.06. The summed E-state index contributed by atoms with van der Waals surface area (Å²) in [5.74, 6) is 0.913. The largest absolute Gasteiger partial charge is 0.489 e. The molecule has 0 aliphatic rings. The summed E-state index contributed by atoms with van der Waals surface area (Å²) in [6.45, 7) is 0.575. The fourth-order valence-electron chi connectivity index (χ4n) is 3.72. The van der Waals surface area contributed by atoms with E-state index in [1.807, 2.05) is 54.6 Å².